The van der Waals surface area contributed by atoms with Crippen LogP contribution < -0.4 is 10.2 Å². The SMILES string of the molecule is CCCn1cc(C(=O)O)c(=O)c2cc(F)c(F)c(OC)c21. The first-order valence-electron chi connectivity index (χ1n) is 6.24. The Kier molecular flexibility index (Phi) is 3.93. The molecule has 0 unspecified atom stereocenters. The summed E-state index contributed by atoms with van der Waals surface area (Å²) in [6.45, 7) is 2.16. The van der Waals surface area contributed by atoms with Crippen LogP contribution >= 0.6 is 0 Å². The summed E-state index contributed by atoms with van der Waals surface area (Å²) in [6.07, 6.45) is 1.73. The molecule has 0 radical (unpaired) electrons. The number of methoxy groups -OCH3 is 1. The molecule has 0 bridgehead atoms. The molecule has 21 heavy (non-hydrogen) atoms. The van der Waals surface area contributed by atoms with Crippen LogP contribution in [0.1, 0.15) is 23.7 Å². The van der Waals surface area contributed by atoms with Gasteiger partial charge in [-0.2, -0.15) is 4.39 Å². The van der Waals surface area contributed by atoms with Crippen LogP contribution in [-0.2, 0) is 6.54 Å². The van der Waals surface area contributed by atoms with Crippen molar-refractivity contribution >= 4 is 16.9 Å². The summed E-state index contributed by atoms with van der Waals surface area (Å²) >= 11 is 0. The molecule has 1 aromatic heterocycles. The first kappa shape index (κ1) is 15.0. The number of nitrogens with zero attached hydrogens (tertiary/aromatic N) is 1. The van der Waals surface area contributed by atoms with Crippen molar-refractivity contribution in [2.75, 3.05) is 7.11 Å². The van der Waals surface area contributed by atoms with Gasteiger partial charge in [-0.15, -0.1) is 0 Å². The summed E-state index contributed by atoms with van der Waals surface area (Å²) in [5.41, 5.74) is -1.32. The summed E-state index contributed by atoms with van der Waals surface area (Å²) in [7, 11) is 1.16. The summed E-state index contributed by atoms with van der Waals surface area (Å²) in [5, 5.41) is 8.83. The third kappa shape index (κ3) is 2.35. The Morgan fingerprint density at radius 1 is 1.43 bits per heavy atom. The van der Waals surface area contributed by atoms with Crippen molar-refractivity contribution in [3.63, 3.8) is 0 Å². The molecular formula is C14H13F2NO4. The van der Waals surface area contributed by atoms with E-state index in [1.54, 1.807) is 0 Å². The predicted molar refractivity (Wildman–Crippen MR) is 71.9 cm³/mol. The Hall–Kier alpha value is -2.44. The highest BCUT2D eigenvalue weighted by atomic mass is 19.2. The highest BCUT2D eigenvalue weighted by Gasteiger charge is 2.22. The molecule has 0 atom stereocenters. The number of carboxylic acids is 1. The molecule has 0 fully saturated rings. The van der Waals surface area contributed by atoms with Gasteiger partial charge in [0.1, 0.15) is 5.56 Å². The highest BCUT2D eigenvalue weighted by molar-refractivity contribution is 5.94. The van der Waals surface area contributed by atoms with Gasteiger partial charge < -0.3 is 14.4 Å². The molecule has 0 saturated heterocycles. The zero-order chi connectivity index (χ0) is 15.7. The Labute approximate surface area is 118 Å². The van der Waals surface area contributed by atoms with Gasteiger partial charge in [-0.25, -0.2) is 9.18 Å². The fourth-order valence-corrected chi connectivity index (χ4v) is 2.23. The first-order chi connectivity index (χ1) is 9.92. The summed E-state index contributed by atoms with van der Waals surface area (Å²) in [5.74, 6) is -4.30. The van der Waals surface area contributed by atoms with Crippen molar-refractivity contribution in [3.05, 3.63) is 39.7 Å². The number of hydrogen-bond acceptors (Lipinski definition) is 3. The minimum atomic E-state index is -1.42. The number of carboxylic acid groups (broad SMARTS) is 1. The zero-order valence-electron chi connectivity index (χ0n) is 11.4. The fraction of sp³-hybridized carbons (Fsp3) is 0.286. The van der Waals surface area contributed by atoms with Crippen molar-refractivity contribution in [2.45, 2.75) is 19.9 Å². The molecule has 1 heterocycles. The van der Waals surface area contributed by atoms with E-state index in [4.69, 9.17) is 9.84 Å². The average molecular weight is 297 g/mol. The van der Waals surface area contributed by atoms with Crippen LogP contribution in [0, 0.1) is 11.6 Å². The molecule has 112 valence electrons. The van der Waals surface area contributed by atoms with Gasteiger partial charge in [0.25, 0.3) is 0 Å². The van der Waals surface area contributed by atoms with E-state index < -0.39 is 34.3 Å². The van der Waals surface area contributed by atoms with E-state index >= 15 is 0 Å². The Morgan fingerprint density at radius 3 is 2.62 bits per heavy atom. The van der Waals surface area contributed by atoms with Gasteiger partial charge in [0.2, 0.25) is 11.2 Å². The van der Waals surface area contributed by atoms with E-state index in [9.17, 15) is 18.4 Å². The molecule has 0 spiro atoms. The van der Waals surface area contributed by atoms with Gasteiger partial charge in [-0.3, -0.25) is 4.79 Å². The van der Waals surface area contributed by atoms with Crippen LogP contribution in [0.2, 0.25) is 0 Å². The highest BCUT2D eigenvalue weighted by Crippen LogP contribution is 2.29. The molecule has 7 heteroatoms. The van der Waals surface area contributed by atoms with E-state index in [-0.39, 0.29) is 10.9 Å². The van der Waals surface area contributed by atoms with E-state index in [1.165, 1.54) is 4.57 Å². The maximum atomic E-state index is 13.8. The summed E-state index contributed by atoms with van der Waals surface area (Å²) in [4.78, 5) is 23.2. The van der Waals surface area contributed by atoms with E-state index in [2.05, 4.69) is 0 Å². The molecule has 1 N–H and O–H groups in total. The topological polar surface area (TPSA) is 68.5 Å². The number of rotatable bonds is 4. The van der Waals surface area contributed by atoms with E-state index in [0.29, 0.717) is 19.0 Å². The molecule has 1 aromatic carbocycles. The summed E-state index contributed by atoms with van der Waals surface area (Å²) < 4.78 is 33.6. The normalized spacial score (nSPS) is 10.9. The van der Waals surface area contributed by atoms with Crippen LogP contribution in [0.4, 0.5) is 8.78 Å². The van der Waals surface area contributed by atoms with Crippen LogP contribution in [0.5, 0.6) is 5.75 Å². The van der Waals surface area contributed by atoms with Gasteiger partial charge in [0.05, 0.1) is 18.0 Å². The monoisotopic (exact) mass is 297 g/mol. The quantitative estimate of drug-likeness (QED) is 0.941. The lowest BCUT2D eigenvalue weighted by atomic mass is 10.1. The largest absolute Gasteiger partial charge is 0.491 e. The Balaban J connectivity index is 3.04. The molecule has 2 aromatic rings. The van der Waals surface area contributed by atoms with E-state index in [0.717, 1.165) is 13.3 Å². The molecule has 2 rings (SSSR count). The van der Waals surface area contributed by atoms with Gasteiger partial charge in [-0.1, -0.05) is 6.92 Å². The van der Waals surface area contributed by atoms with Gasteiger partial charge >= 0.3 is 5.97 Å². The maximum absolute atomic E-state index is 13.8. The summed E-state index contributed by atoms with van der Waals surface area (Å²) in [6, 6.07) is 0.702. The number of benzene rings is 1. The van der Waals surface area contributed by atoms with Gasteiger partial charge in [0.15, 0.2) is 11.6 Å². The molecule has 0 aliphatic carbocycles. The second kappa shape index (κ2) is 5.51. The molecule has 0 saturated carbocycles. The number of ether oxygens (including phenoxy) is 1. The minimum absolute atomic E-state index is 0.0493. The lowest BCUT2D eigenvalue weighted by molar-refractivity contribution is 0.0694. The molecule has 0 amide bonds. The van der Waals surface area contributed by atoms with Crippen LogP contribution in [0.3, 0.4) is 0 Å². The number of halogens is 2. The second-order valence-corrected chi connectivity index (χ2v) is 4.47. The van der Waals surface area contributed by atoms with Crippen molar-refractivity contribution < 1.29 is 23.4 Å². The molecule has 0 aliphatic heterocycles. The Morgan fingerprint density at radius 2 is 2.10 bits per heavy atom. The van der Waals surface area contributed by atoms with Crippen molar-refractivity contribution in [1.82, 2.24) is 4.57 Å². The fourth-order valence-electron chi connectivity index (χ4n) is 2.23. The minimum Gasteiger partial charge on any atom is -0.491 e. The smallest absolute Gasteiger partial charge is 0.341 e. The van der Waals surface area contributed by atoms with E-state index in [1.807, 2.05) is 6.92 Å². The van der Waals surface area contributed by atoms with Crippen LogP contribution in [0.15, 0.2) is 17.1 Å². The molecule has 0 aliphatic rings. The third-order valence-electron chi connectivity index (χ3n) is 3.11. The van der Waals surface area contributed by atoms with Crippen molar-refractivity contribution in [1.29, 1.82) is 0 Å². The number of pyridine rings is 1. The Bertz CT molecular complexity index is 783. The van der Waals surface area contributed by atoms with Crippen molar-refractivity contribution in [3.8, 4) is 5.75 Å². The average Bonchev–Trinajstić information content (AvgIpc) is 2.43. The number of aromatic nitrogens is 1. The maximum Gasteiger partial charge on any atom is 0.341 e. The molecular weight excluding hydrogens is 284 g/mol. The lowest BCUT2D eigenvalue weighted by Gasteiger charge is -2.15. The first-order valence-corrected chi connectivity index (χ1v) is 6.24. The number of carbonyl (C=O) groups is 1. The number of fused-ring (bicyclic) bond motifs is 1. The third-order valence-corrected chi connectivity index (χ3v) is 3.11. The van der Waals surface area contributed by atoms with Crippen molar-refractivity contribution in [2.24, 2.45) is 0 Å². The van der Waals surface area contributed by atoms with Gasteiger partial charge in [-0.05, 0) is 12.5 Å². The van der Waals surface area contributed by atoms with Crippen LogP contribution in [-0.4, -0.2) is 22.8 Å². The lowest BCUT2D eigenvalue weighted by Crippen LogP contribution is -2.20. The predicted octanol–water partition coefficient (Wildman–Crippen LogP) is 2.40. The number of aromatic carboxylic acids is 1. The number of hydrogen-bond donors (Lipinski definition) is 1. The standard InChI is InChI=1S/C14H13F2NO4/c1-3-4-17-6-8(14(19)20)12(18)7-5-9(15)10(16)13(21-2)11(7)17/h5-6H,3-4H2,1-2H3,(H,19,20). The number of aryl methyl sites for hydroxylation is 1. The molecule has 5 nitrogen and oxygen atoms in total. The zero-order valence-corrected chi connectivity index (χ0v) is 11.4. The van der Waals surface area contributed by atoms with Crippen LogP contribution in [0.25, 0.3) is 10.9 Å². The van der Waals surface area contributed by atoms with Gasteiger partial charge in [0, 0.05) is 12.7 Å². The second-order valence-electron chi connectivity index (χ2n) is 4.47.